The number of benzene rings is 1. The molecule has 0 aliphatic carbocycles. The molecule has 2 saturated heterocycles. The quantitative estimate of drug-likeness (QED) is 0.514. The van der Waals surface area contributed by atoms with Crippen LogP contribution in [-0.2, 0) is 9.53 Å². The monoisotopic (exact) mass is 429 g/mol. The second-order valence-corrected chi connectivity index (χ2v) is 8.60. The molecule has 1 aromatic rings. The van der Waals surface area contributed by atoms with Gasteiger partial charge < -0.3 is 20.3 Å². The van der Waals surface area contributed by atoms with Crippen molar-refractivity contribution in [3.05, 3.63) is 35.4 Å². The highest BCUT2D eigenvalue weighted by atomic mass is 16.5. The Kier molecular flexibility index (Phi) is 9.15. The number of hydrogen-bond donors (Lipinski definition) is 2. The maximum absolute atomic E-state index is 11.5. The van der Waals surface area contributed by atoms with E-state index in [-0.39, 0.29) is 12.0 Å². The number of carbonyl (C=O) groups is 1. The van der Waals surface area contributed by atoms with Crippen molar-refractivity contribution < 1.29 is 9.53 Å². The van der Waals surface area contributed by atoms with Crippen LogP contribution < -0.4 is 10.6 Å². The molecule has 0 saturated carbocycles. The van der Waals surface area contributed by atoms with Gasteiger partial charge in [0, 0.05) is 71.8 Å². The summed E-state index contributed by atoms with van der Waals surface area (Å²) >= 11 is 0. The van der Waals surface area contributed by atoms with Crippen molar-refractivity contribution in [3.63, 3.8) is 0 Å². The minimum Gasteiger partial charge on any atom is -0.373 e. The second-order valence-electron chi connectivity index (χ2n) is 8.60. The van der Waals surface area contributed by atoms with Crippen molar-refractivity contribution in [2.45, 2.75) is 39.7 Å². The first-order valence-electron chi connectivity index (χ1n) is 11.7. The van der Waals surface area contributed by atoms with E-state index in [2.05, 4.69) is 53.6 Å². The summed E-state index contributed by atoms with van der Waals surface area (Å²) in [6.07, 6.45) is 2.36. The molecule has 0 bridgehead atoms. The third kappa shape index (κ3) is 7.21. The molecule has 2 heterocycles. The highest BCUT2D eigenvalue weighted by Gasteiger charge is 2.27. The van der Waals surface area contributed by atoms with Gasteiger partial charge in [0.25, 0.3) is 0 Å². The molecule has 2 N–H and O–H groups in total. The van der Waals surface area contributed by atoms with Crippen LogP contribution in [-0.4, -0.2) is 80.6 Å². The smallest absolute Gasteiger partial charge is 0.219 e. The Morgan fingerprint density at radius 3 is 2.58 bits per heavy atom. The topological polar surface area (TPSA) is 69.2 Å². The molecule has 1 aromatic carbocycles. The molecule has 0 radical (unpaired) electrons. The van der Waals surface area contributed by atoms with Crippen LogP contribution in [0.25, 0.3) is 0 Å². The molecule has 172 valence electrons. The summed E-state index contributed by atoms with van der Waals surface area (Å²) in [5.74, 6) is 1.44. The minimum absolute atomic E-state index is 0.124. The SMILES string of the molecule is CCNC(=NCC1CCCOC1c1ccc(C)cc1)NCCN1CCN(C(C)=O)CC1. The molecule has 2 fully saturated rings. The molecule has 3 rings (SSSR count). The summed E-state index contributed by atoms with van der Waals surface area (Å²) in [4.78, 5) is 20.7. The Balaban J connectivity index is 1.50. The lowest BCUT2D eigenvalue weighted by molar-refractivity contribution is -0.130. The predicted molar refractivity (Wildman–Crippen MR) is 125 cm³/mol. The number of guanidine groups is 1. The predicted octanol–water partition coefficient (Wildman–Crippen LogP) is 2.18. The number of nitrogens with zero attached hydrogens (tertiary/aromatic N) is 3. The fourth-order valence-electron chi connectivity index (χ4n) is 4.32. The van der Waals surface area contributed by atoms with E-state index in [0.29, 0.717) is 5.92 Å². The zero-order chi connectivity index (χ0) is 22.1. The van der Waals surface area contributed by atoms with Crippen molar-refractivity contribution in [2.75, 3.05) is 59.0 Å². The molecule has 0 spiro atoms. The lowest BCUT2D eigenvalue weighted by Crippen LogP contribution is -2.50. The van der Waals surface area contributed by atoms with Gasteiger partial charge in [-0.2, -0.15) is 0 Å². The Morgan fingerprint density at radius 1 is 1.16 bits per heavy atom. The zero-order valence-corrected chi connectivity index (χ0v) is 19.4. The Hall–Kier alpha value is -2.12. The normalized spacial score (nSPS) is 22.9. The van der Waals surface area contributed by atoms with Crippen molar-refractivity contribution in [3.8, 4) is 0 Å². The number of carbonyl (C=O) groups excluding carboxylic acids is 1. The molecule has 2 aliphatic rings. The first-order chi connectivity index (χ1) is 15.1. The third-order valence-electron chi connectivity index (χ3n) is 6.22. The van der Waals surface area contributed by atoms with Gasteiger partial charge in [-0.25, -0.2) is 0 Å². The van der Waals surface area contributed by atoms with Gasteiger partial charge in [-0.15, -0.1) is 0 Å². The molecule has 7 nitrogen and oxygen atoms in total. The summed E-state index contributed by atoms with van der Waals surface area (Å²) in [7, 11) is 0. The maximum atomic E-state index is 11.5. The van der Waals surface area contributed by atoms with E-state index < -0.39 is 0 Å². The Morgan fingerprint density at radius 2 is 1.90 bits per heavy atom. The lowest BCUT2D eigenvalue weighted by Gasteiger charge is -2.34. The van der Waals surface area contributed by atoms with Crippen LogP contribution in [0.3, 0.4) is 0 Å². The summed E-state index contributed by atoms with van der Waals surface area (Å²) < 4.78 is 6.15. The van der Waals surface area contributed by atoms with E-state index >= 15 is 0 Å². The van der Waals surface area contributed by atoms with Crippen molar-refractivity contribution in [1.82, 2.24) is 20.4 Å². The second kappa shape index (κ2) is 12.1. The van der Waals surface area contributed by atoms with Gasteiger partial charge >= 0.3 is 0 Å². The summed E-state index contributed by atoms with van der Waals surface area (Å²) in [6, 6.07) is 8.71. The fourth-order valence-corrected chi connectivity index (χ4v) is 4.32. The van der Waals surface area contributed by atoms with E-state index in [1.165, 1.54) is 11.1 Å². The Bertz CT molecular complexity index is 713. The van der Waals surface area contributed by atoms with E-state index in [1.54, 1.807) is 6.92 Å². The lowest BCUT2D eigenvalue weighted by atomic mass is 9.89. The minimum atomic E-state index is 0.124. The average molecular weight is 430 g/mol. The van der Waals surface area contributed by atoms with Gasteiger partial charge in [-0.3, -0.25) is 14.7 Å². The summed E-state index contributed by atoms with van der Waals surface area (Å²) in [5.41, 5.74) is 2.53. The number of amides is 1. The number of nitrogens with one attached hydrogen (secondary N) is 2. The number of hydrogen-bond acceptors (Lipinski definition) is 4. The molecule has 2 atom stereocenters. The standard InChI is InChI=1S/C24H39N5O2/c1-4-25-24(26-11-12-28-13-15-29(16-14-28)20(3)30)27-18-22-6-5-17-31-23(22)21-9-7-19(2)8-10-21/h7-10,22-23H,4-6,11-18H2,1-3H3,(H2,25,26,27). The van der Waals surface area contributed by atoms with Crippen LogP contribution in [0.2, 0.25) is 0 Å². The molecule has 0 aromatic heterocycles. The fraction of sp³-hybridized carbons (Fsp3) is 0.667. The van der Waals surface area contributed by atoms with Crippen molar-refractivity contribution in [2.24, 2.45) is 10.9 Å². The van der Waals surface area contributed by atoms with E-state index in [0.717, 1.165) is 77.8 Å². The molecule has 31 heavy (non-hydrogen) atoms. The molecular weight excluding hydrogens is 390 g/mol. The third-order valence-corrected chi connectivity index (χ3v) is 6.22. The van der Waals surface area contributed by atoms with Crippen LogP contribution in [0.15, 0.2) is 29.3 Å². The molecule has 2 unspecified atom stereocenters. The molecule has 1 amide bonds. The molecule has 7 heteroatoms. The van der Waals surface area contributed by atoms with Gasteiger partial charge in [0.15, 0.2) is 5.96 Å². The number of ether oxygens (including phenoxy) is 1. The number of aryl methyl sites for hydroxylation is 1. The van der Waals surface area contributed by atoms with Gasteiger partial charge in [0.05, 0.1) is 6.10 Å². The number of rotatable bonds is 7. The maximum Gasteiger partial charge on any atom is 0.219 e. The number of aliphatic imine (C=N–C) groups is 1. The van der Waals surface area contributed by atoms with Crippen LogP contribution in [0, 0.1) is 12.8 Å². The Labute approximate surface area is 187 Å². The largest absolute Gasteiger partial charge is 0.373 e. The van der Waals surface area contributed by atoms with E-state index in [9.17, 15) is 4.79 Å². The van der Waals surface area contributed by atoms with Gasteiger partial charge in [-0.1, -0.05) is 29.8 Å². The van der Waals surface area contributed by atoms with Gasteiger partial charge in [0.2, 0.25) is 5.91 Å². The van der Waals surface area contributed by atoms with Crippen LogP contribution >= 0.6 is 0 Å². The summed E-state index contributed by atoms with van der Waals surface area (Å²) in [6.45, 7) is 13.6. The molecular formula is C24H39N5O2. The first-order valence-corrected chi connectivity index (χ1v) is 11.7. The average Bonchev–Trinajstić information content (AvgIpc) is 2.78. The number of piperazine rings is 1. The van der Waals surface area contributed by atoms with Crippen molar-refractivity contribution in [1.29, 1.82) is 0 Å². The van der Waals surface area contributed by atoms with Crippen LogP contribution in [0.1, 0.15) is 43.9 Å². The highest BCUT2D eigenvalue weighted by Crippen LogP contribution is 2.33. The van der Waals surface area contributed by atoms with Crippen molar-refractivity contribution >= 4 is 11.9 Å². The molecule has 2 aliphatic heterocycles. The van der Waals surface area contributed by atoms with Crippen LogP contribution in [0.5, 0.6) is 0 Å². The zero-order valence-electron chi connectivity index (χ0n) is 19.4. The van der Waals surface area contributed by atoms with E-state index in [4.69, 9.17) is 9.73 Å². The summed E-state index contributed by atoms with van der Waals surface area (Å²) in [5, 5.41) is 6.85. The van der Waals surface area contributed by atoms with Gasteiger partial charge in [0.1, 0.15) is 0 Å². The van der Waals surface area contributed by atoms with Crippen LogP contribution in [0.4, 0.5) is 0 Å². The first kappa shape index (κ1) is 23.5. The highest BCUT2D eigenvalue weighted by molar-refractivity contribution is 5.79. The van der Waals surface area contributed by atoms with Gasteiger partial charge in [-0.05, 0) is 32.3 Å². The van der Waals surface area contributed by atoms with E-state index in [1.807, 2.05) is 4.90 Å².